The van der Waals surface area contributed by atoms with E-state index in [-0.39, 0.29) is 0 Å². The van der Waals surface area contributed by atoms with Gasteiger partial charge in [-0.3, -0.25) is 0 Å². The molecule has 0 heterocycles. The molecule has 0 unspecified atom stereocenters. The molecule has 0 nitrogen and oxygen atoms in total. The summed E-state index contributed by atoms with van der Waals surface area (Å²) in [7, 11) is 0. The summed E-state index contributed by atoms with van der Waals surface area (Å²) < 4.78 is 0. The van der Waals surface area contributed by atoms with E-state index in [4.69, 9.17) is 0 Å². The van der Waals surface area contributed by atoms with Crippen LogP contribution in [0.5, 0.6) is 0 Å². The monoisotopic (exact) mass is 210 g/mol. The van der Waals surface area contributed by atoms with Crippen molar-refractivity contribution < 1.29 is 0 Å². The Morgan fingerprint density at radius 1 is 1.07 bits per heavy atom. The highest BCUT2D eigenvalue weighted by molar-refractivity contribution is 4.88. The zero-order valence-electron chi connectivity index (χ0n) is 11.5. The summed E-state index contributed by atoms with van der Waals surface area (Å²) in [5, 5.41) is 0. The van der Waals surface area contributed by atoms with Crippen LogP contribution in [-0.2, 0) is 0 Å². The molecule has 0 bridgehead atoms. The molecule has 15 heavy (non-hydrogen) atoms. The van der Waals surface area contributed by atoms with Gasteiger partial charge < -0.3 is 0 Å². The third kappa shape index (κ3) is 2.77. The van der Waals surface area contributed by atoms with Gasteiger partial charge >= 0.3 is 0 Å². The lowest BCUT2D eigenvalue weighted by atomic mass is 9.61. The van der Waals surface area contributed by atoms with E-state index in [0.717, 1.165) is 5.92 Å². The molecule has 0 heteroatoms. The van der Waals surface area contributed by atoms with Gasteiger partial charge in [-0.2, -0.15) is 0 Å². The molecule has 0 amide bonds. The first-order valence-electron chi connectivity index (χ1n) is 6.99. The van der Waals surface area contributed by atoms with Crippen LogP contribution in [0.3, 0.4) is 0 Å². The van der Waals surface area contributed by atoms with Gasteiger partial charge in [-0.25, -0.2) is 0 Å². The van der Waals surface area contributed by atoms with Crippen LogP contribution in [0.25, 0.3) is 0 Å². The van der Waals surface area contributed by atoms with Gasteiger partial charge in [0.2, 0.25) is 0 Å². The SMILES string of the molecule is CCC1(C)CCC(C(C)(CC)CC)CC1. The van der Waals surface area contributed by atoms with Crippen LogP contribution < -0.4 is 0 Å². The van der Waals surface area contributed by atoms with Crippen LogP contribution in [0.15, 0.2) is 0 Å². The summed E-state index contributed by atoms with van der Waals surface area (Å²) in [6.07, 6.45) is 9.96. The Hall–Kier alpha value is 0. The molecule has 0 aromatic rings. The summed E-state index contributed by atoms with van der Waals surface area (Å²) in [6.45, 7) is 12.1. The van der Waals surface area contributed by atoms with Crippen LogP contribution in [-0.4, -0.2) is 0 Å². The lowest BCUT2D eigenvalue weighted by Crippen LogP contribution is -2.33. The van der Waals surface area contributed by atoms with E-state index in [9.17, 15) is 0 Å². The van der Waals surface area contributed by atoms with Crippen molar-refractivity contribution in [1.82, 2.24) is 0 Å². The number of rotatable bonds is 4. The second-order valence-corrected chi connectivity index (χ2v) is 6.30. The quantitative estimate of drug-likeness (QED) is 0.581. The molecule has 0 atom stereocenters. The fraction of sp³-hybridized carbons (Fsp3) is 1.00. The third-order valence-electron chi connectivity index (χ3n) is 5.65. The van der Waals surface area contributed by atoms with E-state index < -0.39 is 0 Å². The van der Waals surface area contributed by atoms with E-state index >= 15 is 0 Å². The summed E-state index contributed by atoms with van der Waals surface area (Å²) >= 11 is 0. The Labute approximate surface area is 96.8 Å². The molecule has 0 aliphatic heterocycles. The molecule has 1 aliphatic rings. The Bertz CT molecular complexity index is 180. The zero-order valence-corrected chi connectivity index (χ0v) is 11.5. The lowest BCUT2D eigenvalue weighted by Gasteiger charge is -2.44. The van der Waals surface area contributed by atoms with Crippen molar-refractivity contribution in [3.05, 3.63) is 0 Å². The second-order valence-electron chi connectivity index (χ2n) is 6.30. The highest BCUT2D eigenvalue weighted by Gasteiger charge is 2.37. The van der Waals surface area contributed by atoms with Crippen LogP contribution in [0.4, 0.5) is 0 Å². The van der Waals surface area contributed by atoms with Crippen molar-refractivity contribution in [2.24, 2.45) is 16.7 Å². The first kappa shape index (κ1) is 13.1. The molecule has 1 rings (SSSR count). The Morgan fingerprint density at radius 3 is 1.87 bits per heavy atom. The van der Waals surface area contributed by atoms with Crippen molar-refractivity contribution in [2.45, 2.75) is 79.6 Å². The molecule has 1 saturated carbocycles. The highest BCUT2D eigenvalue weighted by atomic mass is 14.4. The van der Waals surface area contributed by atoms with E-state index in [1.807, 2.05) is 0 Å². The van der Waals surface area contributed by atoms with E-state index in [1.165, 1.54) is 44.9 Å². The maximum atomic E-state index is 2.51. The summed E-state index contributed by atoms with van der Waals surface area (Å²) in [6, 6.07) is 0. The Kier molecular flexibility index (Phi) is 4.26. The van der Waals surface area contributed by atoms with Gasteiger partial charge in [0.15, 0.2) is 0 Å². The molecule has 0 radical (unpaired) electrons. The van der Waals surface area contributed by atoms with Crippen molar-refractivity contribution in [2.75, 3.05) is 0 Å². The summed E-state index contributed by atoms with van der Waals surface area (Å²) in [5.74, 6) is 0.993. The van der Waals surface area contributed by atoms with Gasteiger partial charge in [0.1, 0.15) is 0 Å². The molecule has 90 valence electrons. The number of hydrogen-bond donors (Lipinski definition) is 0. The molecular weight excluding hydrogens is 180 g/mol. The predicted molar refractivity (Wildman–Crippen MR) is 69.0 cm³/mol. The standard InChI is InChI=1S/C15H30/c1-6-14(4)11-9-13(10-12-14)15(5,7-2)8-3/h13H,6-12H2,1-5H3. The van der Waals surface area contributed by atoms with E-state index in [1.54, 1.807) is 0 Å². The Morgan fingerprint density at radius 2 is 1.53 bits per heavy atom. The largest absolute Gasteiger partial charge is 0.0649 e. The van der Waals surface area contributed by atoms with Gasteiger partial charge in [0, 0.05) is 0 Å². The van der Waals surface area contributed by atoms with Crippen molar-refractivity contribution in [3.63, 3.8) is 0 Å². The van der Waals surface area contributed by atoms with Crippen molar-refractivity contribution >= 4 is 0 Å². The summed E-state index contributed by atoms with van der Waals surface area (Å²) in [4.78, 5) is 0. The van der Waals surface area contributed by atoms with Crippen LogP contribution in [0.1, 0.15) is 79.6 Å². The molecule has 1 fully saturated rings. The Balaban J connectivity index is 2.57. The van der Waals surface area contributed by atoms with Crippen molar-refractivity contribution in [1.29, 1.82) is 0 Å². The molecule has 0 aromatic carbocycles. The van der Waals surface area contributed by atoms with Crippen LogP contribution in [0, 0.1) is 16.7 Å². The topological polar surface area (TPSA) is 0 Å². The van der Waals surface area contributed by atoms with Crippen LogP contribution in [0.2, 0.25) is 0 Å². The van der Waals surface area contributed by atoms with Crippen molar-refractivity contribution in [3.8, 4) is 0 Å². The maximum absolute atomic E-state index is 2.51. The third-order valence-corrected chi connectivity index (χ3v) is 5.65. The first-order valence-corrected chi connectivity index (χ1v) is 6.99. The van der Waals surface area contributed by atoms with E-state index in [0.29, 0.717) is 10.8 Å². The minimum atomic E-state index is 0.620. The smallest absolute Gasteiger partial charge is 0.0303 e. The minimum absolute atomic E-state index is 0.620. The van der Waals surface area contributed by atoms with E-state index in [2.05, 4.69) is 34.6 Å². The molecule has 0 spiro atoms. The molecule has 0 saturated heterocycles. The first-order chi connectivity index (χ1) is 6.99. The average molecular weight is 210 g/mol. The minimum Gasteiger partial charge on any atom is -0.0649 e. The molecule has 0 N–H and O–H groups in total. The molecular formula is C15H30. The second kappa shape index (κ2) is 4.89. The number of hydrogen-bond acceptors (Lipinski definition) is 0. The fourth-order valence-electron chi connectivity index (χ4n) is 3.19. The molecule has 0 aromatic heterocycles. The average Bonchev–Trinajstić information content (AvgIpc) is 2.29. The van der Waals surface area contributed by atoms with Gasteiger partial charge in [-0.05, 0) is 42.4 Å². The highest BCUT2D eigenvalue weighted by Crippen LogP contribution is 2.49. The molecule has 1 aliphatic carbocycles. The van der Waals surface area contributed by atoms with Gasteiger partial charge in [0.25, 0.3) is 0 Å². The van der Waals surface area contributed by atoms with Crippen LogP contribution >= 0.6 is 0 Å². The fourth-order valence-corrected chi connectivity index (χ4v) is 3.19. The summed E-state index contributed by atoms with van der Waals surface area (Å²) in [5.41, 5.74) is 1.29. The van der Waals surface area contributed by atoms with Gasteiger partial charge in [0.05, 0.1) is 0 Å². The van der Waals surface area contributed by atoms with Gasteiger partial charge in [-0.15, -0.1) is 0 Å². The lowest BCUT2D eigenvalue weighted by molar-refractivity contribution is 0.0683. The normalized spacial score (nSPS) is 33.0. The van der Waals surface area contributed by atoms with Gasteiger partial charge in [-0.1, -0.05) is 53.9 Å². The predicted octanol–water partition coefficient (Wildman–Crippen LogP) is 5.42. The zero-order chi connectivity index (χ0) is 11.5. The maximum Gasteiger partial charge on any atom is -0.0303 e.